The maximum Gasteiger partial charge on any atom is 4.00 e. The van der Waals surface area contributed by atoms with Crippen LogP contribution in [0.4, 0.5) is 0 Å². The smallest absolute Gasteiger partial charge is 0.328 e. The van der Waals surface area contributed by atoms with Crippen LogP contribution in [-0.4, -0.2) is 6.04 Å². The molecule has 8 heavy (non-hydrogen) atoms. The second kappa shape index (κ2) is 4.52. The fourth-order valence-electron chi connectivity index (χ4n) is 1.13. The molecule has 0 atom stereocenters. The molecule has 2 heteroatoms. The van der Waals surface area contributed by atoms with E-state index in [4.69, 9.17) is 5.73 Å². The maximum absolute atomic E-state index is 5.63. The Morgan fingerprint density at radius 2 is 1.50 bits per heavy atom. The molecule has 0 saturated heterocycles. The summed E-state index contributed by atoms with van der Waals surface area (Å²) in [5.41, 5.74) is 5.63. The van der Waals surface area contributed by atoms with Crippen molar-refractivity contribution in [3.8, 4) is 0 Å². The summed E-state index contributed by atoms with van der Waals surface area (Å²) >= 11 is 0. The van der Waals surface area contributed by atoms with Gasteiger partial charge in [0, 0.05) is 6.04 Å². The van der Waals surface area contributed by atoms with Crippen LogP contribution in [-0.2, 0) is 21.1 Å². The van der Waals surface area contributed by atoms with Gasteiger partial charge in [-0.05, 0) is 12.8 Å². The van der Waals surface area contributed by atoms with Crippen molar-refractivity contribution in [2.24, 2.45) is 5.73 Å². The molecule has 0 spiro atoms. The third-order valence-electron chi connectivity index (χ3n) is 1.65. The minimum atomic E-state index is 0. The molecule has 1 saturated carbocycles. The van der Waals surface area contributed by atoms with E-state index in [0.29, 0.717) is 6.04 Å². The molecule has 0 aliphatic heterocycles. The predicted octanol–water partition coefficient (Wildman–Crippen LogP) is 1.28. The van der Waals surface area contributed by atoms with E-state index in [0.717, 1.165) is 0 Å². The second-order valence-electron chi connectivity index (χ2n) is 2.40. The first-order valence-corrected chi connectivity index (χ1v) is 3.15. The molecule has 0 heterocycles. The molecule has 0 aromatic carbocycles. The maximum atomic E-state index is 5.63. The largest absolute Gasteiger partial charge is 4.00 e. The molecule has 48 valence electrons. The molecule has 1 fully saturated rings. The Hall–Kier alpha value is 0.648. The molecule has 1 aliphatic carbocycles. The number of rotatable bonds is 0. The Labute approximate surface area is 65.3 Å². The Balaban J connectivity index is 0.000000490. The molecule has 0 unspecified atom stereocenters. The van der Waals surface area contributed by atoms with Gasteiger partial charge in [-0.15, -0.1) is 0 Å². The third-order valence-corrected chi connectivity index (χ3v) is 1.65. The van der Waals surface area contributed by atoms with Crippen molar-refractivity contribution < 1.29 is 21.1 Å². The topological polar surface area (TPSA) is 26.0 Å². The SMILES string of the molecule is NC1CCCCC1.[Pt+4]. The van der Waals surface area contributed by atoms with Crippen molar-refractivity contribution in [2.45, 2.75) is 38.1 Å². The summed E-state index contributed by atoms with van der Waals surface area (Å²) in [5, 5.41) is 0. The van der Waals surface area contributed by atoms with Crippen molar-refractivity contribution in [1.82, 2.24) is 0 Å². The molecule has 1 rings (SSSR count). The average Bonchev–Trinajstić information content (AvgIpc) is 1.69. The van der Waals surface area contributed by atoms with E-state index >= 15 is 0 Å². The predicted molar refractivity (Wildman–Crippen MR) is 31.1 cm³/mol. The van der Waals surface area contributed by atoms with Crippen LogP contribution in [0.1, 0.15) is 32.1 Å². The minimum absolute atomic E-state index is 0. The second-order valence-corrected chi connectivity index (χ2v) is 2.40. The Kier molecular flexibility index (Phi) is 4.89. The average molecular weight is 294 g/mol. The van der Waals surface area contributed by atoms with Gasteiger partial charge in [0.15, 0.2) is 0 Å². The summed E-state index contributed by atoms with van der Waals surface area (Å²) in [4.78, 5) is 0. The summed E-state index contributed by atoms with van der Waals surface area (Å²) in [5.74, 6) is 0. The van der Waals surface area contributed by atoms with Gasteiger partial charge in [0.25, 0.3) is 0 Å². The molecule has 0 amide bonds. The monoisotopic (exact) mass is 294 g/mol. The van der Waals surface area contributed by atoms with Crippen LogP contribution in [0.3, 0.4) is 0 Å². The molecular weight excluding hydrogens is 281 g/mol. The van der Waals surface area contributed by atoms with Crippen LogP contribution in [0.2, 0.25) is 0 Å². The van der Waals surface area contributed by atoms with E-state index in [-0.39, 0.29) is 21.1 Å². The standard InChI is InChI=1S/C6H13N.Pt/c7-6-4-2-1-3-5-6;/h6H,1-5,7H2;/q;+4. The number of hydrogen-bond donors (Lipinski definition) is 1. The summed E-state index contributed by atoms with van der Waals surface area (Å²) < 4.78 is 0. The van der Waals surface area contributed by atoms with Gasteiger partial charge < -0.3 is 5.73 Å². The van der Waals surface area contributed by atoms with Crippen molar-refractivity contribution in [1.29, 1.82) is 0 Å². The van der Waals surface area contributed by atoms with Gasteiger partial charge in [-0.3, -0.25) is 0 Å². The molecule has 0 aromatic heterocycles. The Morgan fingerprint density at radius 3 is 1.75 bits per heavy atom. The zero-order valence-electron chi connectivity index (χ0n) is 5.01. The molecular formula is C6H13NPt+4. The number of nitrogens with two attached hydrogens (primary N) is 1. The fraction of sp³-hybridized carbons (Fsp3) is 1.00. The van der Waals surface area contributed by atoms with Gasteiger partial charge in [-0.25, -0.2) is 0 Å². The summed E-state index contributed by atoms with van der Waals surface area (Å²) in [6.45, 7) is 0. The van der Waals surface area contributed by atoms with Crippen LogP contribution in [0.25, 0.3) is 0 Å². The van der Waals surface area contributed by atoms with Crippen molar-refractivity contribution >= 4 is 0 Å². The Morgan fingerprint density at radius 1 is 1.00 bits per heavy atom. The summed E-state index contributed by atoms with van der Waals surface area (Å²) in [7, 11) is 0. The van der Waals surface area contributed by atoms with Crippen LogP contribution < -0.4 is 5.73 Å². The number of hydrogen-bond acceptors (Lipinski definition) is 1. The van der Waals surface area contributed by atoms with Crippen LogP contribution >= 0.6 is 0 Å². The van der Waals surface area contributed by atoms with Crippen LogP contribution in [0.15, 0.2) is 0 Å². The van der Waals surface area contributed by atoms with Gasteiger partial charge in [0.05, 0.1) is 0 Å². The Bertz CT molecular complexity index is 50.5. The van der Waals surface area contributed by atoms with Crippen molar-refractivity contribution in [3.05, 3.63) is 0 Å². The molecule has 0 radical (unpaired) electrons. The van der Waals surface area contributed by atoms with Crippen molar-refractivity contribution in [2.75, 3.05) is 0 Å². The van der Waals surface area contributed by atoms with E-state index in [9.17, 15) is 0 Å². The first-order valence-electron chi connectivity index (χ1n) is 3.15. The van der Waals surface area contributed by atoms with Crippen molar-refractivity contribution in [3.63, 3.8) is 0 Å². The molecule has 2 N–H and O–H groups in total. The van der Waals surface area contributed by atoms with E-state index in [1.807, 2.05) is 0 Å². The van der Waals surface area contributed by atoms with Gasteiger partial charge in [0.2, 0.25) is 0 Å². The fourth-order valence-corrected chi connectivity index (χ4v) is 1.13. The van der Waals surface area contributed by atoms with E-state index in [2.05, 4.69) is 0 Å². The summed E-state index contributed by atoms with van der Waals surface area (Å²) in [6, 6.07) is 0.536. The van der Waals surface area contributed by atoms with Gasteiger partial charge >= 0.3 is 21.1 Å². The van der Waals surface area contributed by atoms with Gasteiger partial charge in [0.1, 0.15) is 0 Å². The van der Waals surface area contributed by atoms with Gasteiger partial charge in [-0.1, -0.05) is 19.3 Å². The first kappa shape index (κ1) is 8.65. The molecule has 0 aromatic rings. The molecule has 1 nitrogen and oxygen atoms in total. The van der Waals surface area contributed by atoms with E-state index in [1.54, 1.807) is 0 Å². The zero-order chi connectivity index (χ0) is 5.11. The molecule has 0 bridgehead atoms. The normalized spacial score (nSPS) is 22.1. The van der Waals surface area contributed by atoms with Crippen LogP contribution in [0, 0.1) is 0 Å². The molecule has 1 aliphatic rings. The quantitative estimate of drug-likeness (QED) is 0.715. The third kappa shape index (κ3) is 2.84. The minimum Gasteiger partial charge on any atom is -0.328 e. The van der Waals surface area contributed by atoms with E-state index < -0.39 is 0 Å². The van der Waals surface area contributed by atoms with Crippen LogP contribution in [0.5, 0.6) is 0 Å². The zero-order valence-corrected chi connectivity index (χ0v) is 7.28. The first-order chi connectivity index (χ1) is 3.39. The van der Waals surface area contributed by atoms with Gasteiger partial charge in [-0.2, -0.15) is 0 Å². The summed E-state index contributed by atoms with van der Waals surface area (Å²) in [6.07, 6.45) is 6.66. The van der Waals surface area contributed by atoms with E-state index in [1.165, 1.54) is 32.1 Å².